The third-order valence-electron chi connectivity index (χ3n) is 4.53. The van der Waals surface area contributed by atoms with Crippen LogP contribution in [0.2, 0.25) is 0 Å². The number of amides is 1. The Hall–Kier alpha value is -3.06. The van der Waals surface area contributed by atoms with Gasteiger partial charge in [0.05, 0.1) is 23.3 Å². The van der Waals surface area contributed by atoms with Crippen LogP contribution in [-0.2, 0) is 9.53 Å². The van der Waals surface area contributed by atoms with Gasteiger partial charge in [-0.2, -0.15) is 0 Å². The van der Waals surface area contributed by atoms with Crippen LogP contribution in [0.15, 0.2) is 46.3 Å². The number of aliphatic imine (C=N–C) groups is 1. The Morgan fingerprint density at radius 1 is 1.21 bits per heavy atom. The van der Waals surface area contributed by atoms with Crippen LogP contribution in [0.1, 0.15) is 34.0 Å². The van der Waals surface area contributed by atoms with Gasteiger partial charge in [0.2, 0.25) is 0 Å². The van der Waals surface area contributed by atoms with Gasteiger partial charge in [-0.1, -0.05) is 0 Å². The number of hydrogen-bond acceptors (Lipinski definition) is 6. The average Bonchev–Trinajstić information content (AvgIpc) is 3.00. The number of rotatable bonds is 4. The molecule has 1 heterocycles. The van der Waals surface area contributed by atoms with Crippen molar-refractivity contribution in [3.8, 4) is 5.75 Å². The summed E-state index contributed by atoms with van der Waals surface area (Å²) < 4.78 is 4.70. The van der Waals surface area contributed by atoms with Crippen LogP contribution < -0.4 is 0 Å². The van der Waals surface area contributed by atoms with Gasteiger partial charge in [0.25, 0.3) is 5.91 Å². The number of carbonyl (C=O) groups is 2. The zero-order valence-corrected chi connectivity index (χ0v) is 17.5. The minimum absolute atomic E-state index is 0.106. The molecule has 1 N–H and O–H groups in total. The van der Waals surface area contributed by atoms with Crippen LogP contribution in [0.25, 0.3) is 6.08 Å². The number of benzene rings is 2. The number of aromatic hydroxyl groups is 1. The van der Waals surface area contributed by atoms with Gasteiger partial charge in [-0.25, -0.2) is 9.79 Å². The van der Waals surface area contributed by atoms with Crippen molar-refractivity contribution in [3.63, 3.8) is 0 Å². The summed E-state index contributed by atoms with van der Waals surface area (Å²) in [5.41, 5.74) is 3.47. The second-order valence-electron chi connectivity index (χ2n) is 6.60. The molecule has 0 spiro atoms. The zero-order chi connectivity index (χ0) is 21.1. The van der Waals surface area contributed by atoms with Gasteiger partial charge in [0, 0.05) is 6.54 Å². The third kappa shape index (κ3) is 4.35. The second kappa shape index (κ2) is 8.53. The van der Waals surface area contributed by atoms with E-state index in [4.69, 9.17) is 4.74 Å². The molecule has 150 valence electrons. The molecule has 29 heavy (non-hydrogen) atoms. The molecule has 7 heteroatoms. The number of methoxy groups -OCH3 is 1. The van der Waals surface area contributed by atoms with E-state index in [1.165, 1.54) is 18.9 Å². The molecule has 0 aliphatic carbocycles. The maximum atomic E-state index is 12.8. The van der Waals surface area contributed by atoms with Crippen LogP contribution in [-0.4, -0.2) is 40.7 Å². The van der Waals surface area contributed by atoms with Crippen molar-refractivity contribution in [3.05, 3.63) is 63.6 Å². The number of phenolic OH excluding ortho intramolecular Hbond substituents is 1. The van der Waals surface area contributed by atoms with Crippen molar-refractivity contribution in [1.29, 1.82) is 0 Å². The van der Waals surface area contributed by atoms with Crippen molar-refractivity contribution in [2.24, 2.45) is 4.99 Å². The van der Waals surface area contributed by atoms with E-state index >= 15 is 0 Å². The van der Waals surface area contributed by atoms with E-state index in [-0.39, 0.29) is 11.7 Å². The summed E-state index contributed by atoms with van der Waals surface area (Å²) in [4.78, 5) is 31.1. The van der Waals surface area contributed by atoms with Gasteiger partial charge in [0.15, 0.2) is 5.17 Å². The minimum atomic E-state index is -0.408. The first-order chi connectivity index (χ1) is 13.8. The number of nitrogens with zero attached hydrogens (tertiary/aromatic N) is 2. The van der Waals surface area contributed by atoms with Gasteiger partial charge in [0.1, 0.15) is 5.75 Å². The lowest BCUT2D eigenvalue weighted by Gasteiger charge is -2.12. The fraction of sp³-hybridized carbons (Fsp3) is 0.227. The molecule has 0 bridgehead atoms. The molecule has 2 aromatic carbocycles. The summed E-state index contributed by atoms with van der Waals surface area (Å²) in [7, 11) is 1.33. The summed E-state index contributed by atoms with van der Waals surface area (Å²) in [6.45, 7) is 6.05. The maximum Gasteiger partial charge on any atom is 0.337 e. The molecule has 1 amide bonds. The van der Waals surface area contributed by atoms with Gasteiger partial charge < -0.3 is 9.84 Å². The van der Waals surface area contributed by atoms with Crippen molar-refractivity contribution < 1.29 is 19.4 Å². The van der Waals surface area contributed by atoms with E-state index < -0.39 is 5.97 Å². The largest absolute Gasteiger partial charge is 0.507 e. The number of likely N-dealkylation sites (N-methyl/N-ethyl adjacent to an activating group) is 1. The summed E-state index contributed by atoms with van der Waals surface area (Å²) >= 11 is 1.31. The Labute approximate surface area is 173 Å². The number of ether oxygens (including phenoxy) is 1. The molecule has 1 saturated heterocycles. The normalized spacial score (nSPS) is 16.7. The number of phenols is 1. The highest BCUT2D eigenvalue weighted by atomic mass is 32.2. The lowest BCUT2D eigenvalue weighted by Crippen LogP contribution is -2.28. The molecule has 3 rings (SSSR count). The number of amidine groups is 1. The predicted octanol–water partition coefficient (Wildman–Crippen LogP) is 4.42. The number of carbonyl (C=O) groups excluding carboxylic acids is 2. The molecule has 1 fully saturated rings. The highest BCUT2D eigenvalue weighted by Crippen LogP contribution is 2.35. The standard InChI is InChI=1S/C22H22N2O4S/c1-5-24-20(26)18(12-15-10-13(2)19(25)14(3)11-15)29-22(24)23-17-8-6-16(7-9-17)21(27)28-4/h6-12,25H,5H2,1-4H3/b18-12+,23-22?. The Morgan fingerprint density at radius 2 is 1.83 bits per heavy atom. The average molecular weight is 410 g/mol. The van der Waals surface area contributed by atoms with Gasteiger partial charge in [-0.05, 0) is 91.7 Å². The Morgan fingerprint density at radius 3 is 2.38 bits per heavy atom. The van der Waals surface area contributed by atoms with Crippen LogP contribution in [0.4, 0.5) is 5.69 Å². The van der Waals surface area contributed by atoms with E-state index in [0.717, 1.165) is 16.7 Å². The molecule has 1 aliphatic heterocycles. The van der Waals surface area contributed by atoms with Crippen molar-refractivity contribution in [2.45, 2.75) is 20.8 Å². The molecule has 2 aromatic rings. The third-order valence-corrected chi connectivity index (χ3v) is 5.54. The molecule has 6 nitrogen and oxygen atoms in total. The molecule has 0 saturated carbocycles. The van der Waals surface area contributed by atoms with Crippen molar-refractivity contribution in [2.75, 3.05) is 13.7 Å². The lowest BCUT2D eigenvalue weighted by atomic mass is 10.1. The predicted molar refractivity (Wildman–Crippen MR) is 115 cm³/mol. The van der Waals surface area contributed by atoms with E-state index in [1.807, 2.05) is 39.0 Å². The smallest absolute Gasteiger partial charge is 0.337 e. The summed E-state index contributed by atoms with van der Waals surface area (Å²) in [6, 6.07) is 10.4. The molecule has 0 atom stereocenters. The van der Waals surface area contributed by atoms with E-state index in [2.05, 4.69) is 4.99 Å². The Kier molecular flexibility index (Phi) is 6.08. The number of esters is 1. The van der Waals surface area contributed by atoms with E-state index in [9.17, 15) is 14.7 Å². The van der Waals surface area contributed by atoms with Gasteiger partial charge in [-0.15, -0.1) is 0 Å². The lowest BCUT2D eigenvalue weighted by molar-refractivity contribution is -0.122. The molecule has 0 radical (unpaired) electrons. The van der Waals surface area contributed by atoms with Crippen LogP contribution in [0.5, 0.6) is 5.75 Å². The first-order valence-corrected chi connectivity index (χ1v) is 9.94. The number of thioether (sulfide) groups is 1. The van der Waals surface area contributed by atoms with E-state index in [0.29, 0.717) is 27.9 Å². The second-order valence-corrected chi connectivity index (χ2v) is 7.61. The molecule has 0 aromatic heterocycles. The first-order valence-electron chi connectivity index (χ1n) is 9.12. The van der Waals surface area contributed by atoms with Gasteiger partial charge in [-0.3, -0.25) is 9.69 Å². The molecular formula is C22H22N2O4S. The molecule has 1 aliphatic rings. The van der Waals surface area contributed by atoms with E-state index in [1.54, 1.807) is 29.2 Å². The number of hydrogen-bond donors (Lipinski definition) is 1. The van der Waals surface area contributed by atoms with Gasteiger partial charge >= 0.3 is 5.97 Å². The SMILES string of the molecule is CCN1C(=O)/C(=C\c2cc(C)c(O)c(C)c2)SC1=Nc1ccc(C(=O)OC)cc1. The maximum absolute atomic E-state index is 12.8. The van der Waals surface area contributed by atoms with Crippen LogP contribution >= 0.6 is 11.8 Å². The Balaban J connectivity index is 1.91. The topological polar surface area (TPSA) is 79.2 Å². The number of aryl methyl sites for hydroxylation is 2. The summed E-state index contributed by atoms with van der Waals surface area (Å²) in [6.07, 6.45) is 1.82. The Bertz CT molecular complexity index is 1000. The van der Waals surface area contributed by atoms with Crippen molar-refractivity contribution in [1.82, 2.24) is 4.90 Å². The fourth-order valence-corrected chi connectivity index (χ4v) is 4.06. The highest BCUT2D eigenvalue weighted by Gasteiger charge is 2.32. The van der Waals surface area contributed by atoms with Crippen LogP contribution in [0, 0.1) is 13.8 Å². The quantitative estimate of drug-likeness (QED) is 0.596. The highest BCUT2D eigenvalue weighted by molar-refractivity contribution is 8.18. The first kappa shape index (κ1) is 20.7. The summed E-state index contributed by atoms with van der Waals surface area (Å²) in [5, 5.41) is 10.5. The van der Waals surface area contributed by atoms with Crippen LogP contribution in [0.3, 0.4) is 0 Å². The fourth-order valence-electron chi connectivity index (χ4n) is 2.99. The van der Waals surface area contributed by atoms with Crippen molar-refractivity contribution >= 4 is 40.6 Å². The minimum Gasteiger partial charge on any atom is -0.507 e. The summed E-state index contributed by atoms with van der Waals surface area (Å²) in [5.74, 6) is -0.245. The molecular weight excluding hydrogens is 388 g/mol. The monoisotopic (exact) mass is 410 g/mol. The zero-order valence-electron chi connectivity index (χ0n) is 16.7. The molecule has 0 unspecified atom stereocenters.